The Hall–Kier alpha value is -1.16. The smallest absolute Gasteiger partial charge is 0.191 e. The van der Waals surface area contributed by atoms with E-state index in [0.717, 1.165) is 25.1 Å². The molecule has 3 N–H and O–H groups in total. The summed E-state index contributed by atoms with van der Waals surface area (Å²) < 4.78 is 5.89. The number of guanidine groups is 1. The fraction of sp³-hybridized carbons (Fsp3) is 0.476. The average Bonchev–Trinajstić information content (AvgIpc) is 3.22. The number of aliphatic imine (C=N–C) groups is 1. The van der Waals surface area contributed by atoms with Crippen molar-refractivity contribution >= 4 is 41.3 Å². The van der Waals surface area contributed by atoms with E-state index in [2.05, 4.69) is 34.7 Å². The van der Waals surface area contributed by atoms with Gasteiger partial charge in [0, 0.05) is 19.7 Å². The Morgan fingerprint density at radius 2 is 2.00 bits per heavy atom. The SMILES string of the molecule is CCNC(=NCC(C)(O)c1ccsc1)NCCCOC(C)c1ccccc1.I. The van der Waals surface area contributed by atoms with E-state index in [9.17, 15) is 5.11 Å². The zero-order valence-corrected chi connectivity index (χ0v) is 20.0. The number of thiophene rings is 1. The average molecular weight is 517 g/mol. The van der Waals surface area contributed by atoms with Gasteiger partial charge in [0.15, 0.2) is 5.96 Å². The normalized spacial score (nSPS) is 14.6. The van der Waals surface area contributed by atoms with E-state index in [1.807, 2.05) is 41.9 Å². The highest BCUT2D eigenvalue weighted by Gasteiger charge is 2.23. The molecule has 0 saturated carbocycles. The molecule has 0 aliphatic heterocycles. The molecule has 1 aromatic carbocycles. The number of hydrogen-bond donors (Lipinski definition) is 3. The molecule has 2 unspecified atom stereocenters. The van der Waals surface area contributed by atoms with Crippen LogP contribution in [0.2, 0.25) is 0 Å². The number of hydrogen-bond acceptors (Lipinski definition) is 4. The summed E-state index contributed by atoms with van der Waals surface area (Å²) in [6.07, 6.45) is 0.969. The van der Waals surface area contributed by atoms with Gasteiger partial charge in [-0.2, -0.15) is 11.3 Å². The van der Waals surface area contributed by atoms with Crippen LogP contribution in [0.15, 0.2) is 52.2 Å². The number of ether oxygens (including phenoxy) is 1. The van der Waals surface area contributed by atoms with Crippen LogP contribution < -0.4 is 10.6 Å². The third-order valence-electron chi connectivity index (χ3n) is 4.28. The van der Waals surface area contributed by atoms with Gasteiger partial charge in [-0.05, 0) is 55.1 Å². The van der Waals surface area contributed by atoms with Crippen LogP contribution in [0.1, 0.15) is 44.4 Å². The second-order valence-corrected chi connectivity index (χ2v) is 7.47. The maximum atomic E-state index is 10.6. The molecular formula is C21H32IN3O2S. The van der Waals surface area contributed by atoms with Crippen molar-refractivity contribution in [2.24, 2.45) is 4.99 Å². The van der Waals surface area contributed by atoms with E-state index in [4.69, 9.17) is 4.74 Å². The van der Waals surface area contributed by atoms with Gasteiger partial charge in [0.25, 0.3) is 0 Å². The van der Waals surface area contributed by atoms with Gasteiger partial charge in [0.1, 0.15) is 5.60 Å². The van der Waals surface area contributed by atoms with Gasteiger partial charge in [-0.25, -0.2) is 4.99 Å². The Labute approximate surface area is 189 Å². The molecule has 7 heteroatoms. The summed E-state index contributed by atoms with van der Waals surface area (Å²) in [5.74, 6) is 0.712. The van der Waals surface area contributed by atoms with Crippen molar-refractivity contribution in [3.63, 3.8) is 0 Å². The Morgan fingerprint density at radius 1 is 1.25 bits per heavy atom. The Kier molecular flexibility index (Phi) is 11.7. The molecule has 1 heterocycles. The first-order valence-corrected chi connectivity index (χ1v) is 10.4. The molecule has 0 saturated heterocycles. The van der Waals surface area contributed by atoms with E-state index < -0.39 is 5.60 Å². The molecule has 1 aromatic heterocycles. The van der Waals surface area contributed by atoms with Crippen LogP contribution in [-0.4, -0.2) is 37.3 Å². The number of aliphatic hydroxyl groups is 1. The predicted molar refractivity (Wildman–Crippen MR) is 129 cm³/mol. The fourth-order valence-electron chi connectivity index (χ4n) is 2.60. The van der Waals surface area contributed by atoms with Gasteiger partial charge >= 0.3 is 0 Å². The lowest BCUT2D eigenvalue weighted by atomic mass is 10.00. The van der Waals surface area contributed by atoms with Crippen LogP contribution in [0.4, 0.5) is 0 Å². The minimum atomic E-state index is -0.962. The van der Waals surface area contributed by atoms with Gasteiger partial charge in [0.2, 0.25) is 0 Å². The maximum absolute atomic E-state index is 10.6. The Morgan fingerprint density at radius 3 is 2.64 bits per heavy atom. The van der Waals surface area contributed by atoms with Crippen LogP contribution in [0, 0.1) is 0 Å². The zero-order valence-electron chi connectivity index (χ0n) is 16.9. The molecule has 0 amide bonds. The summed E-state index contributed by atoms with van der Waals surface area (Å²) in [4.78, 5) is 4.53. The number of nitrogens with zero attached hydrogens (tertiary/aromatic N) is 1. The Bertz CT molecular complexity index is 678. The van der Waals surface area contributed by atoms with Crippen molar-refractivity contribution in [1.82, 2.24) is 10.6 Å². The first-order chi connectivity index (χ1) is 13.0. The summed E-state index contributed by atoms with van der Waals surface area (Å²) in [5.41, 5.74) is 1.13. The zero-order chi connectivity index (χ0) is 19.5. The monoisotopic (exact) mass is 517 g/mol. The molecule has 28 heavy (non-hydrogen) atoms. The first-order valence-electron chi connectivity index (χ1n) is 9.46. The lowest BCUT2D eigenvalue weighted by molar-refractivity contribution is 0.0643. The van der Waals surface area contributed by atoms with Gasteiger partial charge in [-0.15, -0.1) is 24.0 Å². The summed E-state index contributed by atoms with van der Waals surface area (Å²) in [6.45, 7) is 8.40. The van der Waals surface area contributed by atoms with Gasteiger partial charge in [-0.3, -0.25) is 0 Å². The Balaban J connectivity index is 0.00000392. The van der Waals surface area contributed by atoms with Crippen molar-refractivity contribution in [1.29, 1.82) is 0 Å². The fourth-order valence-corrected chi connectivity index (χ4v) is 3.38. The lowest BCUT2D eigenvalue weighted by Gasteiger charge is -2.21. The van der Waals surface area contributed by atoms with Crippen LogP contribution in [0.3, 0.4) is 0 Å². The molecule has 0 spiro atoms. The van der Waals surface area contributed by atoms with Crippen molar-refractivity contribution in [3.05, 3.63) is 58.3 Å². The van der Waals surface area contributed by atoms with E-state index >= 15 is 0 Å². The highest BCUT2D eigenvalue weighted by Crippen LogP contribution is 2.23. The summed E-state index contributed by atoms with van der Waals surface area (Å²) in [6, 6.07) is 12.2. The molecule has 2 rings (SSSR count). The second-order valence-electron chi connectivity index (χ2n) is 6.69. The van der Waals surface area contributed by atoms with Crippen molar-refractivity contribution < 1.29 is 9.84 Å². The molecule has 0 radical (unpaired) electrons. The second kappa shape index (κ2) is 13.1. The first kappa shape index (κ1) is 24.9. The molecule has 156 valence electrons. The van der Waals surface area contributed by atoms with E-state index in [1.165, 1.54) is 5.56 Å². The van der Waals surface area contributed by atoms with Crippen LogP contribution in [0.25, 0.3) is 0 Å². The summed E-state index contributed by atoms with van der Waals surface area (Å²) in [7, 11) is 0. The third-order valence-corrected chi connectivity index (χ3v) is 4.97. The number of halogens is 1. The van der Waals surface area contributed by atoms with Crippen LogP contribution in [0.5, 0.6) is 0 Å². The number of rotatable bonds is 10. The van der Waals surface area contributed by atoms with Gasteiger partial charge in [-0.1, -0.05) is 30.3 Å². The molecule has 0 fully saturated rings. The molecule has 5 nitrogen and oxygen atoms in total. The van der Waals surface area contributed by atoms with Gasteiger partial charge in [0.05, 0.1) is 12.6 Å². The molecule has 2 aromatic rings. The van der Waals surface area contributed by atoms with E-state index in [-0.39, 0.29) is 30.1 Å². The summed E-state index contributed by atoms with van der Waals surface area (Å²) >= 11 is 1.58. The largest absolute Gasteiger partial charge is 0.383 e. The van der Waals surface area contributed by atoms with Crippen LogP contribution in [-0.2, 0) is 10.3 Å². The van der Waals surface area contributed by atoms with Crippen molar-refractivity contribution in [2.45, 2.75) is 38.9 Å². The topological polar surface area (TPSA) is 65.9 Å². The molecule has 2 atom stereocenters. The highest BCUT2D eigenvalue weighted by molar-refractivity contribution is 14.0. The van der Waals surface area contributed by atoms with E-state index in [1.54, 1.807) is 18.3 Å². The lowest BCUT2D eigenvalue weighted by Crippen LogP contribution is -2.39. The van der Waals surface area contributed by atoms with E-state index in [0.29, 0.717) is 19.1 Å². The minimum absolute atomic E-state index is 0. The minimum Gasteiger partial charge on any atom is -0.383 e. The van der Waals surface area contributed by atoms with Crippen molar-refractivity contribution in [2.75, 3.05) is 26.2 Å². The summed E-state index contributed by atoms with van der Waals surface area (Å²) in [5, 5.41) is 21.0. The molecule has 0 aliphatic carbocycles. The van der Waals surface area contributed by atoms with Crippen LogP contribution >= 0.6 is 35.3 Å². The molecular weight excluding hydrogens is 485 g/mol. The third kappa shape index (κ3) is 8.46. The van der Waals surface area contributed by atoms with Gasteiger partial charge < -0.3 is 20.5 Å². The predicted octanol–water partition coefficient (Wildman–Crippen LogP) is 4.30. The van der Waals surface area contributed by atoms with Crippen molar-refractivity contribution in [3.8, 4) is 0 Å². The maximum Gasteiger partial charge on any atom is 0.191 e. The quantitative estimate of drug-likeness (QED) is 0.190. The standard InChI is InChI=1S/C21H31N3O2S.HI/c1-4-22-20(24-16-21(3,25)19-11-14-27-15-19)23-12-8-13-26-17(2)18-9-6-5-7-10-18;/h5-7,9-11,14-15,17,25H,4,8,12-13,16H2,1-3H3,(H2,22,23,24);1H. The highest BCUT2D eigenvalue weighted by atomic mass is 127. The molecule has 0 aliphatic rings. The number of nitrogens with one attached hydrogen (secondary N) is 2. The molecule has 0 bridgehead atoms. The number of benzene rings is 1.